The Morgan fingerprint density at radius 2 is 2.33 bits per heavy atom. The summed E-state index contributed by atoms with van der Waals surface area (Å²) in [5.74, 6) is 1.75. The highest BCUT2D eigenvalue weighted by molar-refractivity contribution is 5.42. The second-order valence-corrected chi connectivity index (χ2v) is 4.74. The van der Waals surface area contributed by atoms with Crippen LogP contribution in [0.15, 0.2) is 18.3 Å². The molecule has 0 amide bonds. The summed E-state index contributed by atoms with van der Waals surface area (Å²) in [7, 11) is 0. The molecule has 2 nitrogen and oxygen atoms in total. The average molecular weight is 204 g/mol. The molecule has 2 heteroatoms. The molecule has 82 valence electrons. The summed E-state index contributed by atoms with van der Waals surface area (Å²) in [4.78, 5) is 4.19. The molecule has 2 rings (SSSR count). The molecule has 1 aliphatic rings. The van der Waals surface area contributed by atoms with E-state index in [4.69, 9.17) is 0 Å². The number of rotatable bonds is 3. The van der Waals surface area contributed by atoms with Crippen molar-refractivity contribution in [2.45, 2.75) is 33.1 Å². The van der Waals surface area contributed by atoms with Crippen LogP contribution in [0.2, 0.25) is 0 Å². The van der Waals surface area contributed by atoms with Gasteiger partial charge in [-0.25, -0.2) is 0 Å². The molecule has 2 unspecified atom stereocenters. The Labute approximate surface area is 92.1 Å². The molecule has 0 radical (unpaired) electrons. The summed E-state index contributed by atoms with van der Waals surface area (Å²) in [5, 5.41) is 3.52. The molecule has 0 saturated heterocycles. The van der Waals surface area contributed by atoms with Crippen molar-refractivity contribution in [3.8, 4) is 0 Å². The fourth-order valence-electron chi connectivity index (χ4n) is 2.43. The van der Waals surface area contributed by atoms with Gasteiger partial charge < -0.3 is 5.32 Å². The standard InChI is InChI=1S/C13H20N2/c1-10-4-3-5-12(10)9-15-13-6-7-14-11(2)8-13/h6-8,10,12H,3-5,9H2,1-2H3,(H,14,15). The van der Waals surface area contributed by atoms with Gasteiger partial charge in [0, 0.05) is 24.1 Å². The summed E-state index contributed by atoms with van der Waals surface area (Å²) in [6.07, 6.45) is 6.07. The lowest BCUT2D eigenvalue weighted by Gasteiger charge is -2.16. The Kier molecular flexibility index (Phi) is 3.24. The number of aromatic nitrogens is 1. The fourth-order valence-corrected chi connectivity index (χ4v) is 2.43. The first-order chi connectivity index (χ1) is 7.25. The predicted molar refractivity (Wildman–Crippen MR) is 64.0 cm³/mol. The van der Waals surface area contributed by atoms with Crippen molar-refractivity contribution < 1.29 is 0 Å². The van der Waals surface area contributed by atoms with Crippen LogP contribution in [0.5, 0.6) is 0 Å². The molecule has 1 heterocycles. The van der Waals surface area contributed by atoms with E-state index < -0.39 is 0 Å². The molecule has 1 saturated carbocycles. The molecule has 0 spiro atoms. The van der Waals surface area contributed by atoms with Crippen LogP contribution in [-0.4, -0.2) is 11.5 Å². The van der Waals surface area contributed by atoms with E-state index in [1.165, 1.54) is 24.9 Å². The van der Waals surface area contributed by atoms with Gasteiger partial charge in [-0.3, -0.25) is 4.98 Å². The van der Waals surface area contributed by atoms with Crippen molar-refractivity contribution in [3.63, 3.8) is 0 Å². The number of nitrogens with zero attached hydrogens (tertiary/aromatic N) is 1. The Bertz CT molecular complexity index is 322. The zero-order valence-electron chi connectivity index (χ0n) is 9.66. The average Bonchev–Trinajstić information content (AvgIpc) is 2.61. The Hall–Kier alpha value is -1.05. The third kappa shape index (κ3) is 2.71. The lowest BCUT2D eigenvalue weighted by Crippen LogP contribution is -2.16. The molecule has 0 bridgehead atoms. The minimum Gasteiger partial charge on any atom is -0.385 e. The van der Waals surface area contributed by atoms with Crippen LogP contribution < -0.4 is 5.32 Å². The van der Waals surface area contributed by atoms with E-state index >= 15 is 0 Å². The number of hydrogen-bond acceptors (Lipinski definition) is 2. The van der Waals surface area contributed by atoms with Gasteiger partial charge in [0.25, 0.3) is 0 Å². The number of aryl methyl sites for hydroxylation is 1. The number of anilines is 1. The molecule has 1 aromatic rings. The van der Waals surface area contributed by atoms with E-state index in [1.807, 2.05) is 19.2 Å². The lowest BCUT2D eigenvalue weighted by molar-refractivity contribution is 0.439. The van der Waals surface area contributed by atoms with Gasteiger partial charge in [-0.2, -0.15) is 0 Å². The van der Waals surface area contributed by atoms with Crippen molar-refractivity contribution in [1.82, 2.24) is 4.98 Å². The van der Waals surface area contributed by atoms with Crippen molar-refractivity contribution in [1.29, 1.82) is 0 Å². The topological polar surface area (TPSA) is 24.9 Å². The summed E-state index contributed by atoms with van der Waals surface area (Å²) >= 11 is 0. The molecule has 0 aromatic carbocycles. The second kappa shape index (κ2) is 4.65. The maximum atomic E-state index is 4.19. The van der Waals surface area contributed by atoms with Crippen LogP contribution in [0.1, 0.15) is 31.9 Å². The molecule has 1 aliphatic carbocycles. The maximum absolute atomic E-state index is 4.19. The van der Waals surface area contributed by atoms with Gasteiger partial charge in [0.2, 0.25) is 0 Å². The van der Waals surface area contributed by atoms with Gasteiger partial charge in [0.15, 0.2) is 0 Å². The van der Waals surface area contributed by atoms with Crippen LogP contribution in [0.3, 0.4) is 0 Å². The number of hydrogen-bond donors (Lipinski definition) is 1. The first-order valence-corrected chi connectivity index (χ1v) is 5.92. The molecule has 1 N–H and O–H groups in total. The van der Waals surface area contributed by atoms with Crippen LogP contribution in [-0.2, 0) is 0 Å². The fraction of sp³-hybridized carbons (Fsp3) is 0.615. The SMILES string of the molecule is Cc1cc(NCC2CCCC2C)ccn1. The zero-order chi connectivity index (χ0) is 10.7. The van der Waals surface area contributed by atoms with Gasteiger partial charge >= 0.3 is 0 Å². The van der Waals surface area contributed by atoms with Gasteiger partial charge in [-0.1, -0.05) is 19.8 Å². The highest BCUT2D eigenvalue weighted by Crippen LogP contribution is 2.31. The van der Waals surface area contributed by atoms with E-state index in [9.17, 15) is 0 Å². The Morgan fingerprint density at radius 3 is 3.00 bits per heavy atom. The van der Waals surface area contributed by atoms with E-state index in [1.54, 1.807) is 0 Å². The summed E-state index contributed by atoms with van der Waals surface area (Å²) in [6.45, 7) is 5.52. The third-order valence-corrected chi connectivity index (χ3v) is 3.50. The first-order valence-electron chi connectivity index (χ1n) is 5.92. The molecule has 0 aliphatic heterocycles. The molecule has 1 aromatic heterocycles. The second-order valence-electron chi connectivity index (χ2n) is 4.74. The van der Waals surface area contributed by atoms with Crippen molar-refractivity contribution in [2.24, 2.45) is 11.8 Å². The number of nitrogens with one attached hydrogen (secondary N) is 1. The van der Waals surface area contributed by atoms with Gasteiger partial charge in [-0.15, -0.1) is 0 Å². The zero-order valence-corrected chi connectivity index (χ0v) is 9.66. The van der Waals surface area contributed by atoms with Crippen LogP contribution >= 0.6 is 0 Å². The summed E-state index contributed by atoms with van der Waals surface area (Å²) in [5.41, 5.74) is 2.29. The van der Waals surface area contributed by atoms with Gasteiger partial charge in [0.1, 0.15) is 0 Å². The Balaban J connectivity index is 1.87. The van der Waals surface area contributed by atoms with Gasteiger partial charge in [0.05, 0.1) is 0 Å². The highest BCUT2D eigenvalue weighted by Gasteiger charge is 2.22. The minimum absolute atomic E-state index is 0.860. The molecule has 15 heavy (non-hydrogen) atoms. The van der Waals surface area contributed by atoms with Crippen LogP contribution in [0.4, 0.5) is 5.69 Å². The predicted octanol–water partition coefficient (Wildman–Crippen LogP) is 3.24. The Morgan fingerprint density at radius 1 is 1.47 bits per heavy atom. The smallest absolute Gasteiger partial charge is 0.0393 e. The maximum Gasteiger partial charge on any atom is 0.0393 e. The quantitative estimate of drug-likeness (QED) is 0.817. The summed E-state index contributed by atoms with van der Waals surface area (Å²) < 4.78 is 0. The summed E-state index contributed by atoms with van der Waals surface area (Å²) in [6, 6.07) is 4.16. The molecule has 2 atom stereocenters. The van der Waals surface area contributed by atoms with Crippen LogP contribution in [0, 0.1) is 18.8 Å². The van der Waals surface area contributed by atoms with E-state index in [2.05, 4.69) is 23.3 Å². The lowest BCUT2D eigenvalue weighted by atomic mass is 9.98. The van der Waals surface area contributed by atoms with Crippen molar-refractivity contribution >= 4 is 5.69 Å². The third-order valence-electron chi connectivity index (χ3n) is 3.50. The van der Waals surface area contributed by atoms with E-state index in [0.717, 1.165) is 24.1 Å². The minimum atomic E-state index is 0.860. The molecular formula is C13H20N2. The molecular weight excluding hydrogens is 184 g/mol. The van der Waals surface area contributed by atoms with Crippen molar-refractivity contribution in [2.75, 3.05) is 11.9 Å². The number of pyridine rings is 1. The highest BCUT2D eigenvalue weighted by atomic mass is 14.9. The monoisotopic (exact) mass is 204 g/mol. The first kappa shape index (κ1) is 10.5. The molecule has 1 fully saturated rings. The largest absolute Gasteiger partial charge is 0.385 e. The van der Waals surface area contributed by atoms with E-state index in [-0.39, 0.29) is 0 Å². The van der Waals surface area contributed by atoms with E-state index in [0.29, 0.717) is 0 Å². The van der Waals surface area contributed by atoms with Crippen LogP contribution in [0.25, 0.3) is 0 Å². The normalized spacial score (nSPS) is 25.5. The van der Waals surface area contributed by atoms with Crippen molar-refractivity contribution in [3.05, 3.63) is 24.0 Å². The van der Waals surface area contributed by atoms with Gasteiger partial charge in [-0.05, 0) is 37.3 Å².